The third-order valence-electron chi connectivity index (χ3n) is 4.85. The van der Waals surface area contributed by atoms with Crippen LogP contribution in [0.5, 0.6) is 0 Å². The maximum absolute atomic E-state index is 3.49. The lowest BCUT2D eigenvalue weighted by molar-refractivity contribution is 0.263. The quantitative estimate of drug-likeness (QED) is 0.810. The summed E-state index contributed by atoms with van der Waals surface area (Å²) in [4.78, 5) is 2.56. The molecule has 1 aliphatic rings. The minimum atomic E-state index is 0.424. The van der Waals surface area contributed by atoms with Crippen molar-refractivity contribution in [2.45, 2.75) is 54.0 Å². The highest BCUT2D eigenvalue weighted by Crippen LogP contribution is 2.35. The zero-order valence-corrected chi connectivity index (χ0v) is 14.5. The number of aryl methyl sites for hydroxylation is 1. The maximum Gasteiger partial charge on any atom is 0.0369 e. The first-order valence-corrected chi connectivity index (χ1v) is 8.47. The molecule has 2 nitrogen and oxygen atoms in total. The van der Waals surface area contributed by atoms with Gasteiger partial charge in [-0.1, -0.05) is 33.8 Å². The molecule has 0 aromatic heterocycles. The van der Waals surface area contributed by atoms with Gasteiger partial charge in [-0.05, 0) is 60.9 Å². The molecule has 21 heavy (non-hydrogen) atoms. The topological polar surface area (TPSA) is 15.3 Å². The van der Waals surface area contributed by atoms with Gasteiger partial charge in [-0.25, -0.2) is 0 Å². The number of nitrogens with one attached hydrogen (secondary N) is 1. The van der Waals surface area contributed by atoms with Crippen molar-refractivity contribution in [1.29, 1.82) is 0 Å². The van der Waals surface area contributed by atoms with Crippen molar-refractivity contribution in [3.63, 3.8) is 0 Å². The molecule has 1 atom stereocenters. The van der Waals surface area contributed by atoms with Crippen LogP contribution in [0, 0.1) is 18.3 Å². The van der Waals surface area contributed by atoms with Crippen molar-refractivity contribution < 1.29 is 0 Å². The minimum absolute atomic E-state index is 0.424. The van der Waals surface area contributed by atoms with E-state index in [9.17, 15) is 0 Å². The fraction of sp³-hybridized carbons (Fsp3) is 0.684. The molecule has 1 N–H and O–H groups in total. The van der Waals surface area contributed by atoms with Crippen LogP contribution >= 0.6 is 0 Å². The molecule has 0 amide bonds. The van der Waals surface area contributed by atoms with E-state index in [1.54, 1.807) is 0 Å². The number of benzene rings is 1. The zero-order valence-electron chi connectivity index (χ0n) is 14.5. The molecule has 1 aromatic carbocycles. The normalized spacial score (nSPS) is 19.3. The molecule has 2 heteroatoms. The summed E-state index contributed by atoms with van der Waals surface area (Å²) in [6.45, 7) is 16.1. The smallest absolute Gasteiger partial charge is 0.0369 e. The first-order valence-electron chi connectivity index (χ1n) is 8.47. The molecular weight excluding hydrogens is 256 g/mol. The summed E-state index contributed by atoms with van der Waals surface area (Å²) in [6.07, 6.45) is 2.52. The van der Waals surface area contributed by atoms with E-state index in [0.717, 1.165) is 19.0 Å². The predicted molar refractivity (Wildman–Crippen MR) is 93.0 cm³/mol. The van der Waals surface area contributed by atoms with Crippen LogP contribution in [-0.2, 0) is 6.54 Å². The Hall–Kier alpha value is -1.02. The second-order valence-corrected chi connectivity index (χ2v) is 7.59. The zero-order chi connectivity index (χ0) is 15.5. The lowest BCUT2D eigenvalue weighted by Crippen LogP contribution is -2.25. The van der Waals surface area contributed by atoms with E-state index in [2.05, 4.69) is 63.0 Å². The standard InChI is InChI=1S/C19H32N2/c1-6-10-20-13-16-7-8-18(12-15(16)2)21-11-9-17(14-21)19(3,4)5/h7-8,12,17,20H,6,9-11,13-14H2,1-5H3. The van der Waals surface area contributed by atoms with E-state index in [1.165, 1.54) is 42.7 Å². The molecule has 0 saturated carbocycles. The first kappa shape index (κ1) is 16.4. The fourth-order valence-corrected chi connectivity index (χ4v) is 3.18. The van der Waals surface area contributed by atoms with Gasteiger partial charge in [-0.3, -0.25) is 0 Å². The third-order valence-corrected chi connectivity index (χ3v) is 4.85. The van der Waals surface area contributed by atoms with Crippen molar-refractivity contribution >= 4 is 5.69 Å². The summed E-state index contributed by atoms with van der Waals surface area (Å²) >= 11 is 0. The van der Waals surface area contributed by atoms with Crippen LogP contribution in [0.15, 0.2) is 18.2 Å². The number of hydrogen-bond donors (Lipinski definition) is 1. The molecule has 0 radical (unpaired) electrons. The van der Waals surface area contributed by atoms with Gasteiger partial charge in [0.1, 0.15) is 0 Å². The van der Waals surface area contributed by atoms with Gasteiger partial charge in [-0.2, -0.15) is 0 Å². The van der Waals surface area contributed by atoms with Crippen LogP contribution < -0.4 is 10.2 Å². The Labute approximate surface area is 130 Å². The van der Waals surface area contributed by atoms with Crippen LogP contribution in [0.25, 0.3) is 0 Å². The average molecular weight is 288 g/mol. The average Bonchev–Trinajstić information content (AvgIpc) is 2.90. The van der Waals surface area contributed by atoms with Crippen molar-refractivity contribution in [3.05, 3.63) is 29.3 Å². The Kier molecular flexibility index (Phi) is 5.32. The number of anilines is 1. The molecule has 1 aromatic rings. The monoisotopic (exact) mass is 288 g/mol. The van der Waals surface area contributed by atoms with Gasteiger partial charge in [0.25, 0.3) is 0 Å². The fourth-order valence-electron chi connectivity index (χ4n) is 3.18. The van der Waals surface area contributed by atoms with Crippen LogP contribution in [0.2, 0.25) is 0 Å². The minimum Gasteiger partial charge on any atom is -0.371 e. The largest absolute Gasteiger partial charge is 0.371 e. The highest BCUT2D eigenvalue weighted by Gasteiger charge is 2.31. The molecule has 1 heterocycles. The van der Waals surface area contributed by atoms with Crippen molar-refractivity contribution in [2.24, 2.45) is 11.3 Å². The molecule has 2 rings (SSSR count). The van der Waals surface area contributed by atoms with Crippen molar-refractivity contribution in [2.75, 3.05) is 24.5 Å². The summed E-state index contributed by atoms with van der Waals surface area (Å²) < 4.78 is 0. The highest BCUT2D eigenvalue weighted by atomic mass is 15.2. The molecule has 0 bridgehead atoms. The van der Waals surface area contributed by atoms with Gasteiger partial charge < -0.3 is 10.2 Å². The van der Waals surface area contributed by atoms with Crippen LogP contribution in [0.4, 0.5) is 5.69 Å². The lowest BCUT2D eigenvalue weighted by Gasteiger charge is -2.27. The SMILES string of the molecule is CCCNCc1ccc(N2CCC(C(C)(C)C)C2)cc1C. The molecule has 1 aliphatic heterocycles. The van der Waals surface area contributed by atoms with Crippen molar-refractivity contribution in [3.8, 4) is 0 Å². The first-order chi connectivity index (χ1) is 9.91. The molecule has 0 aliphatic carbocycles. The van der Waals surface area contributed by atoms with Gasteiger partial charge in [-0.15, -0.1) is 0 Å². The van der Waals surface area contributed by atoms with Crippen LogP contribution in [0.1, 0.15) is 51.7 Å². The van der Waals surface area contributed by atoms with Gasteiger partial charge >= 0.3 is 0 Å². The van der Waals surface area contributed by atoms with Crippen LogP contribution in [-0.4, -0.2) is 19.6 Å². The Bertz CT molecular complexity index is 459. The molecule has 1 saturated heterocycles. The van der Waals surface area contributed by atoms with Gasteiger partial charge in [0.05, 0.1) is 0 Å². The Balaban J connectivity index is 2.00. The Morgan fingerprint density at radius 1 is 1.29 bits per heavy atom. The lowest BCUT2D eigenvalue weighted by atomic mass is 9.80. The second kappa shape index (κ2) is 6.83. The predicted octanol–water partition coefficient (Wildman–Crippen LogP) is 4.37. The van der Waals surface area contributed by atoms with Gasteiger partial charge in [0.15, 0.2) is 0 Å². The van der Waals surface area contributed by atoms with E-state index in [-0.39, 0.29) is 0 Å². The van der Waals surface area contributed by atoms with E-state index >= 15 is 0 Å². The maximum atomic E-state index is 3.49. The molecule has 0 spiro atoms. The van der Waals surface area contributed by atoms with Crippen LogP contribution in [0.3, 0.4) is 0 Å². The van der Waals surface area contributed by atoms with E-state index in [0.29, 0.717) is 5.41 Å². The number of hydrogen-bond acceptors (Lipinski definition) is 2. The molecule has 1 unspecified atom stereocenters. The van der Waals surface area contributed by atoms with E-state index < -0.39 is 0 Å². The van der Waals surface area contributed by atoms with Crippen molar-refractivity contribution in [1.82, 2.24) is 5.32 Å². The third kappa shape index (κ3) is 4.23. The van der Waals surface area contributed by atoms with Gasteiger partial charge in [0.2, 0.25) is 0 Å². The van der Waals surface area contributed by atoms with E-state index in [1.807, 2.05) is 0 Å². The summed E-state index contributed by atoms with van der Waals surface area (Å²) in [5.41, 5.74) is 4.67. The number of nitrogens with zero attached hydrogens (tertiary/aromatic N) is 1. The summed E-state index contributed by atoms with van der Waals surface area (Å²) in [5, 5.41) is 3.49. The highest BCUT2D eigenvalue weighted by molar-refractivity contribution is 5.51. The van der Waals surface area contributed by atoms with E-state index in [4.69, 9.17) is 0 Å². The second-order valence-electron chi connectivity index (χ2n) is 7.59. The summed E-state index contributed by atoms with van der Waals surface area (Å²) in [5.74, 6) is 0.809. The molecule has 1 fully saturated rings. The number of rotatable bonds is 5. The van der Waals surface area contributed by atoms with Gasteiger partial charge in [0, 0.05) is 25.3 Å². The Morgan fingerprint density at radius 2 is 2.05 bits per heavy atom. The molecular formula is C19H32N2. The summed E-state index contributed by atoms with van der Waals surface area (Å²) in [6, 6.07) is 6.98. The Morgan fingerprint density at radius 3 is 2.62 bits per heavy atom. The molecule has 118 valence electrons. The summed E-state index contributed by atoms with van der Waals surface area (Å²) in [7, 11) is 0.